The molecule has 1 aliphatic heterocycles. The van der Waals surface area contributed by atoms with Crippen molar-refractivity contribution >= 4 is 10.9 Å². The first-order valence-corrected chi connectivity index (χ1v) is 10.5. The van der Waals surface area contributed by atoms with Gasteiger partial charge in [-0.05, 0) is 42.2 Å². The van der Waals surface area contributed by atoms with E-state index in [4.69, 9.17) is 9.72 Å². The van der Waals surface area contributed by atoms with Crippen molar-refractivity contribution in [3.8, 4) is 5.88 Å². The number of nitrogens with zero attached hydrogens (tertiary/aromatic N) is 2. The van der Waals surface area contributed by atoms with Gasteiger partial charge in [0, 0.05) is 30.6 Å². The van der Waals surface area contributed by atoms with E-state index in [2.05, 4.69) is 91.5 Å². The molecule has 5 rings (SSSR count). The summed E-state index contributed by atoms with van der Waals surface area (Å²) in [6.45, 7) is 6.81. The van der Waals surface area contributed by atoms with Gasteiger partial charge in [-0.3, -0.25) is 4.90 Å². The number of aryl methyl sites for hydroxylation is 2. The summed E-state index contributed by atoms with van der Waals surface area (Å²) in [6, 6.07) is 27.8. The second kappa shape index (κ2) is 7.92. The van der Waals surface area contributed by atoms with Gasteiger partial charge in [0.05, 0.1) is 5.52 Å². The predicted octanol–water partition coefficient (Wildman–Crippen LogP) is 5.99. The first-order chi connectivity index (χ1) is 14.7. The van der Waals surface area contributed by atoms with Gasteiger partial charge >= 0.3 is 0 Å². The van der Waals surface area contributed by atoms with Crippen LogP contribution < -0.4 is 4.74 Å². The van der Waals surface area contributed by atoms with Crippen LogP contribution in [0.15, 0.2) is 78.9 Å². The lowest BCUT2D eigenvalue weighted by Crippen LogP contribution is -2.27. The molecule has 0 bridgehead atoms. The van der Waals surface area contributed by atoms with Crippen LogP contribution in [0.25, 0.3) is 10.9 Å². The minimum atomic E-state index is -0.0498. The van der Waals surface area contributed by atoms with Crippen molar-refractivity contribution < 1.29 is 4.74 Å². The van der Waals surface area contributed by atoms with Gasteiger partial charge in [0.2, 0.25) is 5.88 Å². The molecule has 0 radical (unpaired) electrons. The van der Waals surface area contributed by atoms with Gasteiger partial charge in [0.15, 0.2) is 0 Å². The average molecular weight is 395 g/mol. The largest absolute Gasteiger partial charge is 0.468 e. The Morgan fingerprint density at radius 2 is 1.67 bits per heavy atom. The van der Waals surface area contributed by atoms with E-state index < -0.39 is 0 Å². The molecule has 3 nitrogen and oxygen atoms in total. The van der Waals surface area contributed by atoms with Gasteiger partial charge in [-0.1, -0.05) is 72.8 Å². The Kier molecular flexibility index (Phi) is 4.97. The van der Waals surface area contributed by atoms with Crippen molar-refractivity contribution in [3.05, 3.63) is 107 Å². The minimum Gasteiger partial charge on any atom is -0.468 e. The zero-order valence-corrected chi connectivity index (χ0v) is 17.5. The molecule has 0 saturated heterocycles. The van der Waals surface area contributed by atoms with E-state index in [0.717, 1.165) is 36.6 Å². The number of aromatic nitrogens is 1. The molecule has 1 aromatic heterocycles. The van der Waals surface area contributed by atoms with Crippen LogP contribution in [0.1, 0.15) is 33.9 Å². The van der Waals surface area contributed by atoms with Crippen molar-refractivity contribution in [1.29, 1.82) is 0 Å². The maximum atomic E-state index is 6.56. The van der Waals surface area contributed by atoms with Crippen LogP contribution in [0.2, 0.25) is 0 Å². The minimum absolute atomic E-state index is 0.0498. The SMILES string of the molecule is Cc1ccc2cc3c(nc2c1C)OC(c1ccccc1)CN(Cc1ccccc1)C3. The molecule has 4 aromatic rings. The summed E-state index contributed by atoms with van der Waals surface area (Å²) >= 11 is 0. The number of fused-ring (bicyclic) bond motifs is 2. The van der Waals surface area contributed by atoms with Crippen LogP contribution >= 0.6 is 0 Å². The van der Waals surface area contributed by atoms with E-state index in [1.165, 1.54) is 27.6 Å². The summed E-state index contributed by atoms with van der Waals surface area (Å²) in [7, 11) is 0. The van der Waals surface area contributed by atoms with Crippen molar-refractivity contribution in [2.75, 3.05) is 6.54 Å². The number of rotatable bonds is 3. The fraction of sp³-hybridized carbons (Fsp3) is 0.222. The molecule has 1 unspecified atom stereocenters. The Hall–Kier alpha value is -3.17. The predicted molar refractivity (Wildman–Crippen MR) is 122 cm³/mol. The Bertz CT molecular complexity index is 1170. The molecular weight excluding hydrogens is 368 g/mol. The lowest BCUT2D eigenvalue weighted by atomic mass is 10.0. The number of benzene rings is 3. The third-order valence-corrected chi connectivity index (χ3v) is 6.04. The molecule has 0 fully saturated rings. The van der Waals surface area contributed by atoms with Crippen LogP contribution in [-0.2, 0) is 13.1 Å². The Morgan fingerprint density at radius 3 is 2.43 bits per heavy atom. The fourth-order valence-electron chi connectivity index (χ4n) is 4.24. The van der Waals surface area contributed by atoms with E-state index in [-0.39, 0.29) is 6.10 Å². The molecule has 1 atom stereocenters. The molecule has 0 aliphatic carbocycles. The summed E-state index contributed by atoms with van der Waals surface area (Å²) in [5.41, 5.74) is 7.17. The number of ether oxygens (including phenoxy) is 1. The molecule has 3 heteroatoms. The number of pyridine rings is 1. The average Bonchev–Trinajstić information content (AvgIpc) is 2.95. The topological polar surface area (TPSA) is 25.4 Å². The maximum Gasteiger partial charge on any atom is 0.219 e. The van der Waals surface area contributed by atoms with E-state index in [1.807, 2.05) is 6.07 Å². The van der Waals surface area contributed by atoms with Crippen molar-refractivity contribution in [2.24, 2.45) is 0 Å². The van der Waals surface area contributed by atoms with Gasteiger partial charge in [-0.15, -0.1) is 0 Å². The quantitative estimate of drug-likeness (QED) is 0.427. The molecule has 0 N–H and O–H groups in total. The smallest absolute Gasteiger partial charge is 0.219 e. The lowest BCUT2D eigenvalue weighted by molar-refractivity contribution is 0.140. The highest BCUT2D eigenvalue weighted by Gasteiger charge is 2.26. The standard InChI is InChI=1S/C27H26N2O/c1-19-13-14-23-15-24-17-29(16-21-9-5-3-6-10-21)18-25(22-11-7-4-8-12-22)30-27(24)28-26(23)20(19)2/h3-15,25H,16-18H2,1-2H3. The monoisotopic (exact) mass is 394 g/mol. The molecular formula is C27H26N2O. The molecule has 0 amide bonds. The fourth-order valence-corrected chi connectivity index (χ4v) is 4.24. The summed E-state index contributed by atoms with van der Waals surface area (Å²) in [4.78, 5) is 7.47. The molecule has 2 heterocycles. The summed E-state index contributed by atoms with van der Waals surface area (Å²) in [6.07, 6.45) is -0.0498. The van der Waals surface area contributed by atoms with Crippen LogP contribution in [0.5, 0.6) is 5.88 Å². The summed E-state index contributed by atoms with van der Waals surface area (Å²) in [5.74, 6) is 0.764. The molecule has 0 saturated carbocycles. The van der Waals surface area contributed by atoms with Crippen molar-refractivity contribution in [3.63, 3.8) is 0 Å². The molecule has 0 spiro atoms. The van der Waals surface area contributed by atoms with E-state index >= 15 is 0 Å². The zero-order valence-electron chi connectivity index (χ0n) is 17.5. The Labute approximate surface area is 178 Å². The van der Waals surface area contributed by atoms with E-state index in [1.54, 1.807) is 0 Å². The molecule has 1 aliphatic rings. The Balaban J connectivity index is 1.58. The van der Waals surface area contributed by atoms with Crippen LogP contribution in [-0.4, -0.2) is 16.4 Å². The lowest BCUT2D eigenvalue weighted by Gasteiger charge is -2.24. The first-order valence-electron chi connectivity index (χ1n) is 10.5. The molecule has 30 heavy (non-hydrogen) atoms. The van der Waals surface area contributed by atoms with E-state index in [0.29, 0.717) is 0 Å². The highest BCUT2D eigenvalue weighted by molar-refractivity contribution is 5.84. The first kappa shape index (κ1) is 18.8. The van der Waals surface area contributed by atoms with Crippen molar-refractivity contribution in [1.82, 2.24) is 9.88 Å². The van der Waals surface area contributed by atoms with E-state index in [9.17, 15) is 0 Å². The zero-order chi connectivity index (χ0) is 20.5. The third kappa shape index (κ3) is 3.69. The Morgan fingerprint density at radius 1 is 0.933 bits per heavy atom. The molecule has 150 valence electrons. The van der Waals surface area contributed by atoms with Gasteiger partial charge in [0.1, 0.15) is 6.10 Å². The van der Waals surface area contributed by atoms with Gasteiger partial charge in [-0.2, -0.15) is 0 Å². The van der Waals surface area contributed by atoms with Gasteiger partial charge in [0.25, 0.3) is 0 Å². The number of hydrogen-bond donors (Lipinski definition) is 0. The van der Waals surface area contributed by atoms with Gasteiger partial charge < -0.3 is 4.74 Å². The second-order valence-corrected chi connectivity index (χ2v) is 8.20. The molecule has 3 aromatic carbocycles. The van der Waals surface area contributed by atoms with Crippen LogP contribution in [0, 0.1) is 13.8 Å². The van der Waals surface area contributed by atoms with Crippen LogP contribution in [0.4, 0.5) is 0 Å². The summed E-state index contributed by atoms with van der Waals surface area (Å²) in [5, 5.41) is 1.18. The van der Waals surface area contributed by atoms with Gasteiger partial charge in [-0.25, -0.2) is 4.98 Å². The van der Waals surface area contributed by atoms with Crippen LogP contribution in [0.3, 0.4) is 0 Å². The van der Waals surface area contributed by atoms with Crippen molar-refractivity contribution in [2.45, 2.75) is 33.0 Å². The number of hydrogen-bond acceptors (Lipinski definition) is 3. The normalized spacial score (nSPS) is 16.7. The maximum absolute atomic E-state index is 6.56. The highest BCUT2D eigenvalue weighted by atomic mass is 16.5. The highest BCUT2D eigenvalue weighted by Crippen LogP contribution is 2.34. The second-order valence-electron chi connectivity index (χ2n) is 8.20. The summed E-state index contributed by atoms with van der Waals surface area (Å²) < 4.78 is 6.56. The third-order valence-electron chi connectivity index (χ3n) is 6.04.